The summed E-state index contributed by atoms with van der Waals surface area (Å²) < 4.78 is 11.7. The van der Waals surface area contributed by atoms with Gasteiger partial charge < -0.3 is 10.6 Å². The first-order valence-electron chi connectivity index (χ1n) is 4.17. The fraction of sp³-hybridized carbons (Fsp3) is 0.875. The number of carbonyl (C=O) groups excluding carboxylic acids is 1. The smallest absolute Gasteiger partial charge is 0.237 e. The van der Waals surface area contributed by atoms with Crippen molar-refractivity contribution in [3.05, 3.63) is 0 Å². The van der Waals surface area contributed by atoms with Crippen molar-refractivity contribution in [3.63, 3.8) is 0 Å². The lowest BCUT2D eigenvalue weighted by atomic mass is 10.3. The van der Waals surface area contributed by atoms with Crippen molar-refractivity contribution in [1.29, 1.82) is 0 Å². The summed E-state index contributed by atoms with van der Waals surface area (Å²) >= 11 is 0. The Morgan fingerprint density at radius 1 is 1.42 bits per heavy atom. The molecule has 12 heavy (non-hydrogen) atoms. The highest BCUT2D eigenvalue weighted by molar-refractivity contribution is 5.81. The molecule has 0 heterocycles. The van der Waals surface area contributed by atoms with Crippen molar-refractivity contribution >= 4 is 5.91 Å². The Bertz CT molecular complexity index is 139. The summed E-state index contributed by atoms with van der Waals surface area (Å²) in [5, 5.41) is 5.48. The maximum atomic E-state index is 11.7. The average molecular weight is 176 g/mol. The van der Waals surface area contributed by atoms with Gasteiger partial charge in [-0.05, 0) is 20.8 Å². The van der Waals surface area contributed by atoms with Crippen LogP contribution in [-0.2, 0) is 4.79 Å². The first-order chi connectivity index (χ1) is 5.57. The molecule has 0 spiro atoms. The van der Waals surface area contributed by atoms with Crippen molar-refractivity contribution in [3.8, 4) is 0 Å². The van der Waals surface area contributed by atoms with E-state index in [1.807, 2.05) is 13.8 Å². The van der Waals surface area contributed by atoms with E-state index in [1.165, 1.54) is 0 Å². The van der Waals surface area contributed by atoms with Gasteiger partial charge in [-0.25, -0.2) is 4.39 Å². The van der Waals surface area contributed by atoms with Crippen molar-refractivity contribution in [2.75, 3.05) is 13.2 Å². The fourth-order valence-electron chi connectivity index (χ4n) is 0.773. The fourth-order valence-corrected chi connectivity index (χ4v) is 0.773. The number of nitrogens with one attached hydrogen (secondary N) is 2. The number of alkyl halides is 1. The predicted octanol–water partition coefficient (Wildman–Crippen LogP) is 0.459. The molecule has 0 bridgehead atoms. The number of amides is 1. The molecule has 0 aromatic heterocycles. The summed E-state index contributed by atoms with van der Waals surface area (Å²) in [6, 6.07) is -0.185. The van der Waals surface area contributed by atoms with Crippen molar-refractivity contribution in [1.82, 2.24) is 10.6 Å². The van der Waals surface area contributed by atoms with Gasteiger partial charge in [0.1, 0.15) is 6.67 Å². The van der Waals surface area contributed by atoms with E-state index in [2.05, 4.69) is 10.6 Å². The SMILES string of the molecule is CC(C)NC(=O)C(C)NCCF. The third kappa shape index (κ3) is 5.07. The van der Waals surface area contributed by atoms with Crippen molar-refractivity contribution in [2.24, 2.45) is 0 Å². The lowest BCUT2D eigenvalue weighted by molar-refractivity contribution is -0.123. The summed E-state index contributed by atoms with van der Waals surface area (Å²) in [5.41, 5.74) is 0. The Labute approximate surface area is 72.7 Å². The second-order valence-corrected chi connectivity index (χ2v) is 3.03. The largest absolute Gasteiger partial charge is 0.353 e. The zero-order chi connectivity index (χ0) is 9.56. The highest BCUT2D eigenvalue weighted by atomic mass is 19.1. The minimum Gasteiger partial charge on any atom is -0.353 e. The van der Waals surface area contributed by atoms with E-state index in [4.69, 9.17) is 0 Å². The molecule has 0 saturated heterocycles. The van der Waals surface area contributed by atoms with E-state index in [0.29, 0.717) is 0 Å². The van der Waals surface area contributed by atoms with Gasteiger partial charge in [-0.2, -0.15) is 0 Å². The molecule has 0 radical (unpaired) electrons. The number of hydrogen-bond acceptors (Lipinski definition) is 2. The summed E-state index contributed by atoms with van der Waals surface area (Å²) in [6.07, 6.45) is 0. The van der Waals surface area contributed by atoms with Crippen LogP contribution in [0.25, 0.3) is 0 Å². The van der Waals surface area contributed by atoms with Gasteiger partial charge in [-0.15, -0.1) is 0 Å². The van der Waals surface area contributed by atoms with Crippen LogP contribution in [0.1, 0.15) is 20.8 Å². The van der Waals surface area contributed by atoms with Crippen molar-refractivity contribution in [2.45, 2.75) is 32.9 Å². The van der Waals surface area contributed by atoms with Crippen LogP contribution < -0.4 is 10.6 Å². The maximum absolute atomic E-state index is 11.7. The van der Waals surface area contributed by atoms with E-state index in [9.17, 15) is 9.18 Å². The Hall–Kier alpha value is -0.640. The van der Waals surface area contributed by atoms with Gasteiger partial charge in [0, 0.05) is 12.6 Å². The van der Waals surface area contributed by atoms with Gasteiger partial charge in [0.05, 0.1) is 6.04 Å². The Morgan fingerprint density at radius 2 is 2.00 bits per heavy atom. The molecule has 1 atom stereocenters. The molecule has 4 heteroatoms. The molecule has 0 saturated carbocycles. The third-order valence-corrected chi connectivity index (χ3v) is 1.37. The van der Waals surface area contributed by atoms with Crippen molar-refractivity contribution < 1.29 is 9.18 Å². The average Bonchev–Trinajstić information content (AvgIpc) is 1.98. The van der Waals surface area contributed by atoms with Gasteiger partial charge in [0.2, 0.25) is 5.91 Å². The van der Waals surface area contributed by atoms with E-state index in [0.717, 1.165) is 0 Å². The Kier molecular flexibility index (Phi) is 5.62. The highest BCUT2D eigenvalue weighted by Crippen LogP contribution is 1.84. The molecule has 0 aromatic carbocycles. The topological polar surface area (TPSA) is 41.1 Å². The molecular weight excluding hydrogens is 159 g/mol. The molecule has 0 aliphatic heterocycles. The van der Waals surface area contributed by atoms with Crippen LogP contribution in [0.3, 0.4) is 0 Å². The number of hydrogen-bond donors (Lipinski definition) is 2. The van der Waals surface area contributed by atoms with E-state index < -0.39 is 6.67 Å². The number of carbonyl (C=O) groups is 1. The predicted molar refractivity (Wildman–Crippen MR) is 46.7 cm³/mol. The number of rotatable bonds is 5. The minimum atomic E-state index is -0.445. The Morgan fingerprint density at radius 3 is 2.42 bits per heavy atom. The van der Waals surface area contributed by atoms with Crippen LogP contribution in [0.4, 0.5) is 4.39 Å². The molecular formula is C8H17FN2O. The zero-order valence-electron chi connectivity index (χ0n) is 7.86. The van der Waals surface area contributed by atoms with Crippen LogP contribution in [0.15, 0.2) is 0 Å². The second kappa shape index (κ2) is 5.94. The summed E-state index contributed by atoms with van der Waals surface area (Å²) in [4.78, 5) is 11.2. The second-order valence-electron chi connectivity index (χ2n) is 3.03. The van der Waals surface area contributed by atoms with Gasteiger partial charge in [0.15, 0.2) is 0 Å². The Balaban J connectivity index is 3.61. The molecule has 0 fully saturated rings. The molecule has 2 N–H and O–H groups in total. The summed E-state index contributed by atoms with van der Waals surface area (Å²) in [5.74, 6) is -0.0848. The first-order valence-corrected chi connectivity index (χ1v) is 4.17. The monoisotopic (exact) mass is 176 g/mol. The van der Waals surface area contributed by atoms with Gasteiger partial charge in [-0.1, -0.05) is 0 Å². The molecule has 3 nitrogen and oxygen atoms in total. The lowest BCUT2D eigenvalue weighted by Gasteiger charge is -2.14. The van der Waals surface area contributed by atoms with E-state index in [1.54, 1.807) is 6.92 Å². The molecule has 0 rings (SSSR count). The van der Waals surface area contributed by atoms with Gasteiger partial charge in [0.25, 0.3) is 0 Å². The van der Waals surface area contributed by atoms with Gasteiger partial charge >= 0.3 is 0 Å². The molecule has 0 aliphatic carbocycles. The third-order valence-electron chi connectivity index (χ3n) is 1.37. The van der Waals surface area contributed by atoms with Gasteiger partial charge in [-0.3, -0.25) is 4.79 Å². The molecule has 0 aliphatic rings. The van der Waals surface area contributed by atoms with Crippen LogP contribution in [0, 0.1) is 0 Å². The quantitative estimate of drug-likeness (QED) is 0.639. The van der Waals surface area contributed by atoms with Crippen LogP contribution in [-0.4, -0.2) is 31.2 Å². The molecule has 72 valence electrons. The maximum Gasteiger partial charge on any atom is 0.237 e. The van der Waals surface area contributed by atoms with E-state index in [-0.39, 0.29) is 24.5 Å². The zero-order valence-corrected chi connectivity index (χ0v) is 7.86. The normalized spacial score (nSPS) is 13.1. The standard InChI is InChI=1S/C8H17FN2O/c1-6(2)11-8(12)7(3)10-5-4-9/h6-7,10H,4-5H2,1-3H3,(H,11,12). The van der Waals surface area contributed by atoms with Crippen LogP contribution in [0.5, 0.6) is 0 Å². The van der Waals surface area contributed by atoms with E-state index >= 15 is 0 Å². The van der Waals surface area contributed by atoms with Crippen LogP contribution >= 0.6 is 0 Å². The molecule has 1 unspecified atom stereocenters. The summed E-state index contributed by atoms with van der Waals surface area (Å²) in [7, 11) is 0. The van der Waals surface area contributed by atoms with Crippen LogP contribution in [0.2, 0.25) is 0 Å². The summed E-state index contributed by atoms with van der Waals surface area (Å²) in [6.45, 7) is 5.28. The molecule has 0 aromatic rings. The molecule has 1 amide bonds. The first kappa shape index (κ1) is 11.4. The number of halogens is 1. The highest BCUT2D eigenvalue weighted by Gasteiger charge is 2.11. The minimum absolute atomic E-state index is 0.0848. The lowest BCUT2D eigenvalue weighted by Crippen LogP contribution is -2.45.